The molecule has 0 bridgehead atoms. The van der Waals surface area contributed by atoms with Gasteiger partial charge in [-0.3, -0.25) is 9.59 Å². The lowest BCUT2D eigenvalue weighted by atomic mass is 9.83. The quantitative estimate of drug-likeness (QED) is 0.785. The minimum atomic E-state index is -0.413. The summed E-state index contributed by atoms with van der Waals surface area (Å²) in [6.45, 7) is 0. The summed E-state index contributed by atoms with van der Waals surface area (Å²) in [7, 11) is 0. The molecule has 29 heavy (non-hydrogen) atoms. The number of hydrogen-bond donors (Lipinski definition) is 2. The highest BCUT2D eigenvalue weighted by atomic mass is 16.3. The van der Waals surface area contributed by atoms with E-state index in [2.05, 4.69) is 21.7 Å². The molecule has 3 atom stereocenters. The highest BCUT2D eigenvalue weighted by Crippen LogP contribution is 2.33. The van der Waals surface area contributed by atoms with Crippen LogP contribution in [0.1, 0.15) is 48.9 Å². The van der Waals surface area contributed by atoms with Gasteiger partial charge in [-0.15, -0.1) is 0 Å². The molecule has 1 aromatic heterocycles. The van der Waals surface area contributed by atoms with Crippen molar-refractivity contribution in [2.75, 3.05) is 0 Å². The molecule has 0 unspecified atom stereocenters. The van der Waals surface area contributed by atoms with E-state index in [-0.39, 0.29) is 29.7 Å². The summed E-state index contributed by atoms with van der Waals surface area (Å²) in [6.07, 6.45) is 8.40. The van der Waals surface area contributed by atoms with Gasteiger partial charge in [0, 0.05) is 17.2 Å². The van der Waals surface area contributed by atoms with Crippen LogP contribution in [0, 0.1) is 23.2 Å². The highest BCUT2D eigenvalue weighted by Gasteiger charge is 2.37. The smallest absolute Gasteiger partial charge is 0.251 e. The summed E-state index contributed by atoms with van der Waals surface area (Å²) in [5.41, 5.74) is 1.38. The minimum Gasteiger partial charge on any atom is -0.444 e. The third kappa shape index (κ3) is 4.48. The Balaban J connectivity index is 1.40. The molecular formula is C22H24N4O3. The van der Waals surface area contributed by atoms with Crippen molar-refractivity contribution in [3.05, 3.63) is 42.4 Å². The number of nitrogens with zero attached hydrogens (tertiary/aromatic N) is 2. The number of carbonyl (C=O) groups is 2. The number of carbonyl (C=O) groups excluding carboxylic acids is 2. The molecule has 0 radical (unpaired) electrons. The standard InChI is InChI=1S/C22H24N4O3/c23-11-19(14-5-6-14)26-22(28)17-3-1-2-4-18(17)25-21(27)16-9-7-15(8-10-16)20-12-24-13-29-20/h7-10,12-14,17-19H,1-6H2,(H,25,27)(H,26,28)/t17-,18+,19-/m1/s1. The Morgan fingerprint density at radius 3 is 2.55 bits per heavy atom. The first-order valence-electron chi connectivity index (χ1n) is 10.2. The lowest BCUT2D eigenvalue weighted by Gasteiger charge is -2.31. The molecular weight excluding hydrogens is 368 g/mol. The molecule has 2 aromatic rings. The van der Waals surface area contributed by atoms with Crippen LogP contribution in [0.3, 0.4) is 0 Å². The van der Waals surface area contributed by atoms with E-state index in [1.165, 1.54) is 6.39 Å². The van der Waals surface area contributed by atoms with Gasteiger partial charge in [-0.2, -0.15) is 5.26 Å². The second-order valence-corrected chi connectivity index (χ2v) is 7.87. The van der Waals surface area contributed by atoms with Crippen LogP contribution in [-0.2, 0) is 4.79 Å². The molecule has 2 saturated carbocycles. The van der Waals surface area contributed by atoms with Crippen molar-refractivity contribution < 1.29 is 14.0 Å². The molecule has 2 amide bonds. The van der Waals surface area contributed by atoms with Gasteiger partial charge in [-0.25, -0.2) is 4.98 Å². The van der Waals surface area contributed by atoms with Gasteiger partial charge in [0.2, 0.25) is 5.91 Å². The molecule has 4 rings (SSSR count). The van der Waals surface area contributed by atoms with E-state index in [9.17, 15) is 14.9 Å². The van der Waals surface area contributed by atoms with Gasteiger partial charge in [-0.05, 0) is 43.7 Å². The maximum atomic E-state index is 12.8. The van der Waals surface area contributed by atoms with Crippen molar-refractivity contribution in [1.82, 2.24) is 15.6 Å². The first kappa shape index (κ1) is 19.2. The summed E-state index contributed by atoms with van der Waals surface area (Å²) in [5.74, 6) is 0.315. The predicted octanol–water partition coefficient (Wildman–Crippen LogP) is 3.05. The van der Waals surface area contributed by atoms with Crippen molar-refractivity contribution in [1.29, 1.82) is 5.26 Å². The molecule has 2 aliphatic rings. The molecule has 2 fully saturated rings. The molecule has 7 nitrogen and oxygen atoms in total. The maximum absolute atomic E-state index is 12.8. The summed E-state index contributed by atoms with van der Waals surface area (Å²) >= 11 is 0. The van der Waals surface area contributed by atoms with Crippen LogP contribution in [0.2, 0.25) is 0 Å². The van der Waals surface area contributed by atoms with Gasteiger partial charge in [0.25, 0.3) is 5.91 Å². The molecule has 0 aliphatic heterocycles. The van der Waals surface area contributed by atoms with Crippen molar-refractivity contribution in [2.24, 2.45) is 11.8 Å². The maximum Gasteiger partial charge on any atom is 0.251 e. The van der Waals surface area contributed by atoms with Gasteiger partial charge < -0.3 is 15.1 Å². The van der Waals surface area contributed by atoms with Crippen LogP contribution in [-0.4, -0.2) is 28.9 Å². The topological polar surface area (TPSA) is 108 Å². The van der Waals surface area contributed by atoms with E-state index >= 15 is 0 Å². The van der Waals surface area contributed by atoms with Gasteiger partial charge in [0.1, 0.15) is 6.04 Å². The second-order valence-electron chi connectivity index (χ2n) is 7.87. The summed E-state index contributed by atoms with van der Waals surface area (Å²) in [5, 5.41) is 15.2. The van der Waals surface area contributed by atoms with Crippen LogP contribution in [0.25, 0.3) is 11.3 Å². The third-order valence-corrected chi connectivity index (χ3v) is 5.81. The lowest BCUT2D eigenvalue weighted by Crippen LogP contribution is -2.50. The Morgan fingerprint density at radius 2 is 1.90 bits per heavy atom. The summed E-state index contributed by atoms with van der Waals surface area (Å²) in [4.78, 5) is 29.4. The number of amides is 2. The van der Waals surface area contributed by atoms with E-state index in [0.29, 0.717) is 11.3 Å². The normalized spacial score (nSPS) is 22.3. The van der Waals surface area contributed by atoms with Crippen molar-refractivity contribution in [3.8, 4) is 17.4 Å². The molecule has 2 aliphatic carbocycles. The van der Waals surface area contributed by atoms with Gasteiger partial charge in [0.15, 0.2) is 12.2 Å². The Bertz CT molecular complexity index is 897. The lowest BCUT2D eigenvalue weighted by molar-refractivity contribution is -0.127. The third-order valence-electron chi connectivity index (χ3n) is 5.81. The molecule has 0 spiro atoms. The van der Waals surface area contributed by atoms with E-state index in [1.54, 1.807) is 18.3 Å². The van der Waals surface area contributed by atoms with E-state index in [4.69, 9.17) is 4.42 Å². The fourth-order valence-electron chi connectivity index (χ4n) is 3.96. The largest absolute Gasteiger partial charge is 0.444 e. The monoisotopic (exact) mass is 392 g/mol. The average Bonchev–Trinajstić information content (AvgIpc) is 3.45. The van der Waals surface area contributed by atoms with Gasteiger partial charge in [-0.1, -0.05) is 25.0 Å². The van der Waals surface area contributed by atoms with Crippen LogP contribution in [0.4, 0.5) is 0 Å². The van der Waals surface area contributed by atoms with Crippen molar-refractivity contribution in [2.45, 2.75) is 50.6 Å². The zero-order chi connectivity index (χ0) is 20.2. The summed E-state index contributed by atoms with van der Waals surface area (Å²) in [6, 6.07) is 8.68. The second kappa shape index (κ2) is 8.48. The Kier molecular flexibility index (Phi) is 5.61. The van der Waals surface area contributed by atoms with E-state index < -0.39 is 6.04 Å². The van der Waals surface area contributed by atoms with Crippen LogP contribution >= 0.6 is 0 Å². The van der Waals surface area contributed by atoms with E-state index in [1.807, 2.05) is 12.1 Å². The molecule has 1 aromatic carbocycles. The van der Waals surface area contributed by atoms with Crippen LogP contribution in [0.5, 0.6) is 0 Å². The first-order valence-corrected chi connectivity index (χ1v) is 10.2. The van der Waals surface area contributed by atoms with Gasteiger partial charge in [0.05, 0.1) is 18.2 Å². The molecule has 7 heteroatoms. The molecule has 2 N–H and O–H groups in total. The highest BCUT2D eigenvalue weighted by molar-refractivity contribution is 5.95. The molecule has 0 saturated heterocycles. The zero-order valence-corrected chi connectivity index (χ0v) is 16.1. The fraction of sp³-hybridized carbons (Fsp3) is 0.455. The molecule has 1 heterocycles. The Labute approximate surface area is 169 Å². The number of hydrogen-bond acceptors (Lipinski definition) is 5. The number of aromatic nitrogens is 1. The zero-order valence-electron chi connectivity index (χ0n) is 16.1. The van der Waals surface area contributed by atoms with Crippen molar-refractivity contribution >= 4 is 11.8 Å². The number of nitriles is 1. The SMILES string of the molecule is N#C[C@@H](NC(=O)[C@@H]1CCCC[C@@H]1NC(=O)c1ccc(-c2cnco2)cc1)C1CC1. The van der Waals surface area contributed by atoms with Gasteiger partial charge >= 0.3 is 0 Å². The average molecular weight is 392 g/mol. The number of oxazole rings is 1. The van der Waals surface area contributed by atoms with Crippen LogP contribution < -0.4 is 10.6 Å². The summed E-state index contributed by atoms with van der Waals surface area (Å²) < 4.78 is 5.26. The predicted molar refractivity (Wildman–Crippen MR) is 105 cm³/mol. The number of rotatable bonds is 6. The fourth-order valence-corrected chi connectivity index (χ4v) is 3.96. The minimum absolute atomic E-state index is 0.117. The number of benzene rings is 1. The van der Waals surface area contributed by atoms with E-state index in [0.717, 1.165) is 44.1 Å². The Hall–Kier alpha value is -3.14. The van der Waals surface area contributed by atoms with Crippen molar-refractivity contribution in [3.63, 3.8) is 0 Å². The van der Waals surface area contributed by atoms with Crippen LogP contribution in [0.15, 0.2) is 41.3 Å². The first-order chi connectivity index (χ1) is 14.2. The Morgan fingerprint density at radius 1 is 1.14 bits per heavy atom. The number of nitrogens with one attached hydrogen (secondary N) is 2. The molecule has 150 valence electrons.